The van der Waals surface area contributed by atoms with Crippen LogP contribution in [0.2, 0.25) is 0 Å². The van der Waals surface area contributed by atoms with Crippen LogP contribution in [0.1, 0.15) is 45.1 Å². The van der Waals surface area contributed by atoms with Crippen molar-refractivity contribution in [3.05, 3.63) is 92.9 Å². The van der Waals surface area contributed by atoms with Crippen molar-refractivity contribution in [3.8, 4) is 11.5 Å². The Kier molecular flexibility index (Phi) is 7.17. The van der Waals surface area contributed by atoms with Gasteiger partial charge in [-0.3, -0.25) is 9.59 Å². The summed E-state index contributed by atoms with van der Waals surface area (Å²) in [6.45, 7) is 2.03. The second-order valence-corrected chi connectivity index (χ2v) is 7.72. The highest BCUT2D eigenvalue weighted by Crippen LogP contribution is 2.32. The average Bonchev–Trinajstić information content (AvgIpc) is 2.79. The number of aryl methyl sites for hydroxylation is 2. The Morgan fingerprint density at radius 2 is 1.67 bits per heavy atom. The van der Waals surface area contributed by atoms with E-state index in [1.54, 1.807) is 31.2 Å². The topological polar surface area (TPSA) is 126 Å². The number of carbonyl (C=O) groups is 2. The van der Waals surface area contributed by atoms with Gasteiger partial charge in [0, 0.05) is 18.2 Å². The van der Waals surface area contributed by atoms with Gasteiger partial charge < -0.3 is 24.6 Å². The molecule has 8 nitrogen and oxygen atoms in total. The standard InChI is InChI=1S/C25H25NO7/c1-15-13-21(28)23(24(30)26(15)12-11-16-3-9-19(27)10-4-16)20(14-22(29)33-2)17-5-7-18(8-6-17)25(31)32/h3-10,13,20,27-28H,11-12,14H2,1-2H3,(H,31,32). The molecule has 0 aliphatic heterocycles. The Hall–Kier alpha value is -4.07. The van der Waals surface area contributed by atoms with Crippen LogP contribution in [0.5, 0.6) is 11.5 Å². The van der Waals surface area contributed by atoms with E-state index in [-0.39, 0.29) is 29.0 Å². The van der Waals surface area contributed by atoms with Crippen molar-refractivity contribution in [3.63, 3.8) is 0 Å². The summed E-state index contributed by atoms with van der Waals surface area (Å²) < 4.78 is 6.32. The Morgan fingerprint density at radius 1 is 1.03 bits per heavy atom. The fourth-order valence-corrected chi connectivity index (χ4v) is 3.77. The van der Waals surface area contributed by atoms with E-state index in [1.807, 2.05) is 0 Å². The van der Waals surface area contributed by atoms with Crippen molar-refractivity contribution in [2.24, 2.45) is 0 Å². The fourth-order valence-electron chi connectivity index (χ4n) is 3.77. The summed E-state index contributed by atoms with van der Waals surface area (Å²) in [7, 11) is 1.23. The van der Waals surface area contributed by atoms with Crippen molar-refractivity contribution >= 4 is 11.9 Å². The molecule has 3 N–H and O–H groups in total. The van der Waals surface area contributed by atoms with Crippen molar-refractivity contribution in [1.29, 1.82) is 0 Å². The number of aromatic carboxylic acids is 1. The van der Waals surface area contributed by atoms with E-state index < -0.39 is 23.4 Å². The maximum Gasteiger partial charge on any atom is 0.335 e. The first kappa shape index (κ1) is 23.6. The van der Waals surface area contributed by atoms with Gasteiger partial charge in [0.1, 0.15) is 11.5 Å². The fraction of sp³-hybridized carbons (Fsp3) is 0.240. The van der Waals surface area contributed by atoms with Crippen LogP contribution in [0.3, 0.4) is 0 Å². The summed E-state index contributed by atoms with van der Waals surface area (Å²) >= 11 is 0. The number of pyridine rings is 1. The molecule has 0 aliphatic rings. The number of benzene rings is 2. The van der Waals surface area contributed by atoms with Crippen LogP contribution in [0.4, 0.5) is 0 Å². The number of hydrogen-bond acceptors (Lipinski definition) is 6. The number of hydrogen-bond donors (Lipinski definition) is 3. The van der Waals surface area contributed by atoms with E-state index in [9.17, 15) is 24.6 Å². The molecule has 8 heteroatoms. The molecular weight excluding hydrogens is 426 g/mol. The predicted octanol–water partition coefficient (Wildman–Crippen LogP) is 3.20. The van der Waals surface area contributed by atoms with Crippen LogP contribution < -0.4 is 5.56 Å². The SMILES string of the molecule is COC(=O)CC(c1ccc(C(=O)O)cc1)c1c(O)cc(C)n(CCc2ccc(O)cc2)c1=O. The lowest BCUT2D eigenvalue weighted by atomic mass is 9.88. The summed E-state index contributed by atoms with van der Waals surface area (Å²) in [5.41, 5.74) is 1.64. The molecular formula is C25H25NO7. The van der Waals surface area contributed by atoms with Gasteiger partial charge in [-0.1, -0.05) is 24.3 Å². The van der Waals surface area contributed by atoms with Gasteiger partial charge in [-0.2, -0.15) is 0 Å². The first-order valence-electron chi connectivity index (χ1n) is 10.3. The highest BCUT2D eigenvalue weighted by molar-refractivity contribution is 5.87. The molecule has 33 heavy (non-hydrogen) atoms. The molecule has 3 rings (SSSR count). The number of rotatable bonds is 8. The molecule has 1 heterocycles. The Balaban J connectivity index is 2.04. The maximum atomic E-state index is 13.5. The van der Waals surface area contributed by atoms with Gasteiger partial charge >= 0.3 is 11.9 Å². The highest BCUT2D eigenvalue weighted by atomic mass is 16.5. The van der Waals surface area contributed by atoms with E-state index in [0.29, 0.717) is 24.2 Å². The molecule has 1 atom stereocenters. The van der Waals surface area contributed by atoms with E-state index in [1.165, 1.54) is 42.0 Å². The molecule has 0 fully saturated rings. The zero-order valence-electron chi connectivity index (χ0n) is 18.3. The van der Waals surface area contributed by atoms with Crippen LogP contribution in [-0.2, 0) is 22.5 Å². The molecule has 1 aromatic heterocycles. The van der Waals surface area contributed by atoms with Gasteiger partial charge in [-0.25, -0.2) is 4.79 Å². The quantitative estimate of drug-likeness (QED) is 0.449. The predicted molar refractivity (Wildman–Crippen MR) is 121 cm³/mol. The van der Waals surface area contributed by atoms with E-state index in [2.05, 4.69) is 0 Å². The molecule has 1 unspecified atom stereocenters. The summed E-state index contributed by atoms with van der Waals surface area (Å²) in [6, 6.07) is 14.0. The average molecular weight is 451 g/mol. The number of carboxylic acids is 1. The minimum Gasteiger partial charge on any atom is -0.508 e. The second-order valence-electron chi connectivity index (χ2n) is 7.72. The highest BCUT2D eigenvalue weighted by Gasteiger charge is 2.26. The number of methoxy groups -OCH3 is 1. The third-order valence-corrected chi connectivity index (χ3v) is 5.59. The lowest BCUT2D eigenvalue weighted by Crippen LogP contribution is -2.29. The number of aromatic nitrogens is 1. The molecule has 3 aromatic rings. The largest absolute Gasteiger partial charge is 0.508 e. The van der Waals surface area contributed by atoms with Crippen molar-refractivity contribution in [1.82, 2.24) is 4.57 Å². The van der Waals surface area contributed by atoms with Crippen LogP contribution in [0.15, 0.2) is 59.4 Å². The number of aromatic hydroxyl groups is 2. The van der Waals surface area contributed by atoms with Crippen molar-refractivity contribution < 1.29 is 29.6 Å². The lowest BCUT2D eigenvalue weighted by molar-refractivity contribution is -0.140. The number of phenols is 1. The molecule has 0 aliphatic carbocycles. The van der Waals surface area contributed by atoms with Crippen molar-refractivity contribution in [2.75, 3.05) is 7.11 Å². The molecule has 0 spiro atoms. The number of nitrogens with zero attached hydrogens (tertiary/aromatic N) is 1. The van der Waals surface area contributed by atoms with Gasteiger partial charge in [-0.15, -0.1) is 0 Å². The van der Waals surface area contributed by atoms with Gasteiger partial charge in [0.25, 0.3) is 5.56 Å². The first-order chi connectivity index (χ1) is 15.7. The molecule has 0 amide bonds. The van der Waals surface area contributed by atoms with E-state index in [4.69, 9.17) is 9.84 Å². The van der Waals surface area contributed by atoms with Gasteiger partial charge in [-0.05, 0) is 54.8 Å². The third kappa shape index (κ3) is 5.41. The number of esters is 1. The van der Waals surface area contributed by atoms with Crippen LogP contribution in [-0.4, -0.2) is 38.9 Å². The summed E-state index contributed by atoms with van der Waals surface area (Å²) in [5, 5.41) is 29.3. The molecule has 2 aromatic carbocycles. The van der Waals surface area contributed by atoms with Gasteiger partial charge in [0.15, 0.2) is 0 Å². The van der Waals surface area contributed by atoms with Gasteiger partial charge in [0.05, 0.1) is 24.7 Å². The maximum absolute atomic E-state index is 13.5. The Labute approximate surface area is 190 Å². The minimum atomic E-state index is -1.10. The summed E-state index contributed by atoms with van der Waals surface area (Å²) in [6.07, 6.45) is 0.312. The molecule has 172 valence electrons. The molecule has 0 radical (unpaired) electrons. The monoisotopic (exact) mass is 451 g/mol. The Morgan fingerprint density at radius 3 is 2.24 bits per heavy atom. The summed E-state index contributed by atoms with van der Waals surface area (Å²) in [5.74, 6) is -2.58. The lowest BCUT2D eigenvalue weighted by Gasteiger charge is -2.20. The molecule has 0 saturated heterocycles. The Bertz CT molecular complexity index is 1210. The van der Waals surface area contributed by atoms with Crippen molar-refractivity contribution in [2.45, 2.75) is 32.2 Å². The zero-order chi connectivity index (χ0) is 24.1. The summed E-state index contributed by atoms with van der Waals surface area (Å²) in [4.78, 5) is 36.8. The molecule has 0 bridgehead atoms. The number of carbonyl (C=O) groups excluding carboxylic acids is 1. The second kappa shape index (κ2) is 10.0. The first-order valence-corrected chi connectivity index (χ1v) is 10.3. The third-order valence-electron chi connectivity index (χ3n) is 5.59. The normalized spacial score (nSPS) is 11.7. The molecule has 0 saturated carbocycles. The van der Waals surface area contributed by atoms with Crippen LogP contribution in [0, 0.1) is 6.92 Å². The smallest absolute Gasteiger partial charge is 0.335 e. The van der Waals surface area contributed by atoms with E-state index in [0.717, 1.165) is 5.56 Å². The number of carboxylic acid groups (broad SMARTS) is 1. The minimum absolute atomic E-state index is 0.0415. The number of ether oxygens (including phenoxy) is 1. The number of phenolic OH excluding ortho intramolecular Hbond substituents is 1. The van der Waals surface area contributed by atoms with E-state index >= 15 is 0 Å². The van der Waals surface area contributed by atoms with Crippen LogP contribution >= 0.6 is 0 Å². The zero-order valence-corrected chi connectivity index (χ0v) is 18.3. The van der Waals surface area contributed by atoms with Crippen LogP contribution in [0.25, 0.3) is 0 Å². The van der Waals surface area contributed by atoms with Gasteiger partial charge in [0.2, 0.25) is 0 Å².